The maximum atomic E-state index is 6.67. The Labute approximate surface area is 114 Å². The number of aromatic nitrogens is 1. The first-order chi connectivity index (χ1) is 8.07. The van der Waals surface area contributed by atoms with E-state index in [4.69, 9.17) is 15.5 Å². The van der Waals surface area contributed by atoms with Crippen LogP contribution >= 0.6 is 11.3 Å². The zero-order valence-electron chi connectivity index (χ0n) is 12.2. The topological polar surface area (TPSA) is 48.1 Å². The normalized spacial score (nSPS) is 30.0. The Morgan fingerprint density at radius 3 is 2.33 bits per heavy atom. The summed E-state index contributed by atoms with van der Waals surface area (Å²) in [4.78, 5) is 4.74. The second-order valence-corrected chi connectivity index (χ2v) is 7.61. The molecule has 0 aliphatic carbocycles. The van der Waals surface area contributed by atoms with Gasteiger partial charge < -0.3 is 10.5 Å². The first-order valence-corrected chi connectivity index (χ1v) is 7.40. The summed E-state index contributed by atoms with van der Waals surface area (Å²) in [6.07, 6.45) is 0.804. The van der Waals surface area contributed by atoms with Crippen LogP contribution in [-0.4, -0.2) is 16.2 Å². The number of rotatable bonds is 2. The molecule has 0 aromatic carbocycles. The molecule has 1 aliphatic rings. The third-order valence-corrected chi connectivity index (χ3v) is 4.84. The van der Waals surface area contributed by atoms with Gasteiger partial charge in [-0.25, -0.2) is 4.98 Å². The highest BCUT2D eigenvalue weighted by molar-refractivity contribution is 7.09. The van der Waals surface area contributed by atoms with Crippen LogP contribution < -0.4 is 5.73 Å². The Morgan fingerprint density at radius 2 is 1.94 bits per heavy atom. The van der Waals surface area contributed by atoms with Crippen molar-refractivity contribution < 1.29 is 4.74 Å². The van der Waals surface area contributed by atoms with Crippen LogP contribution in [0, 0.1) is 0 Å². The van der Waals surface area contributed by atoms with Crippen LogP contribution in [-0.2, 0) is 10.3 Å². The van der Waals surface area contributed by atoms with Gasteiger partial charge in [0.25, 0.3) is 0 Å². The van der Waals surface area contributed by atoms with Gasteiger partial charge >= 0.3 is 0 Å². The number of nitrogens with zero attached hydrogens (tertiary/aromatic N) is 1. The lowest BCUT2D eigenvalue weighted by Gasteiger charge is -2.34. The van der Waals surface area contributed by atoms with E-state index in [9.17, 15) is 0 Å². The third-order valence-electron chi connectivity index (χ3n) is 3.81. The van der Waals surface area contributed by atoms with Crippen molar-refractivity contribution in [1.29, 1.82) is 0 Å². The van der Waals surface area contributed by atoms with Gasteiger partial charge in [0.2, 0.25) is 0 Å². The van der Waals surface area contributed by atoms with Crippen LogP contribution in [0.2, 0.25) is 0 Å². The summed E-state index contributed by atoms with van der Waals surface area (Å²) in [5, 5.41) is 3.12. The van der Waals surface area contributed by atoms with Crippen molar-refractivity contribution in [2.24, 2.45) is 5.73 Å². The number of nitrogens with two attached hydrogens (primary N) is 1. The molecule has 0 bridgehead atoms. The molecule has 1 saturated heterocycles. The number of hydrogen-bond donors (Lipinski definition) is 1. The van der Waals surface area contributed by atoms with Gasteiger partial charge in [-0.05, 0) is 33.6 Å². The predicted octanol–water partition coefficient (Wildman–Crippen LogP) is 3.40. The minimum absolute atomic E-state index is 0.193. The average molecular weight is 268 g/mol. The van der Waals surface area contributed by atoms with Crippen molar-refractivity contribution in [1.82, 2.24) is 4.98 Å². The maximum absolute atomic E-state index is 6.67. The fourth-order valence-electron chi connectivity index (χ4n) is 2.79. The molecule has 2 N–H and O–H groups in total. The van der Waals surface area contributed by atoms with Gasteiger partial charge in [-0.1, -0.05) is 13.8 Å². The lowest BCUT2D eigenvalue weighted by molar-refractivity contribution is -0.0795. The van der Waals surface area contributed by atoms with Crippen molar-refractivity contribution in [3.05, 3.63) is 16.1 Å². The zero-order valence-corrected chi connectivity index (χ0v) is 13.0. The second kappa shape index (κ2) is 4.02. The Morgan fingerprint density at radius 1 is 1.33 bits per heavy atom. The van der Waals surface area contributed by atoms with E-state index in [1.54, 1.807) is 11.3 Å². The molecule has 3 nitrogen and oxygen atoms in total. The molecule has 1 aromatic heterocycles. The molecule has 2 heterocycles. The summed E-state index contributed by atoms with van der Waals surface area (Å²) in [6, 6.07) is 0. The summed E-state index contributed by atoms with van der Waals surface area (Å²) in [7, 11) is 0. The number of thiazole rings is 1. The molecule has 0 saturated carbocycles. The number of ether oxygens (including phenoxy) is 1. The zero-order chi connectivity index (χ0) is 13.8. The highest BCUT2D eigenvalue weighted by Gasteiger charge is 2.57. The molecule has 0 radical (unpaired) electrons. The predicted molar refractivity (Wildman–Crippen MR) is 75.9 cm³/mol. The molecule has 1 unspecified atom stereocenters. The summed E-state index contributed by atoms with van der Waals surface area (Å²) in [6.45, 7) is 12.6. The van der Waals surface area contributed by atoms with Crippen LogP contribution in [0.3, 0.4) is 0 Å². The molecule has 1 aromatic rings. The highest BCUT2D eigenvalue weighted by atomic mass is 32.1. The first-order valence-electron chi connectivity index (χ1n) is 6.52. The van der Waals surface area contributed by atoms with Crippen LogP contribution in [0.1, 0.15) is 64.6 Å². The van der Waals surface area contributed by atoms with E-state index in [-0.39, 0.29) is 11.2 Å². The molecular formula is C14H24N2OS. The molecule has 4 heteroatoms. The molecule has 0 amide bonds. The minimum atomic E-state index is -0.492. The van der Waals surface area contributed by atoms with Crippen molar-refractivity contribution in [2.75, 3.05) is 0 Å². The van der Waals surface area contributed by atoms with Crippen LogP contribution in [0.15, 0.2) is 5.38 Å². The second-order valence-electron chi connectivity index (χ2n) is 6.75. The van der Waals surface area contributed by atoms with Crippen molar-refractivity contribution in [2.45, 2.75) is 70.6 Å². The van der Waals surface area contributed by atoms with Crippen molar-refractivity contribution in [3.63, 3.8) is 0 Å². The fourth-order valence-corrected chi connectivity index (χ4v) is 4.04. The summed E-state index contributed by atoms with van der Waals surface area (Å²) < 4.78 is 6.12. The maximum Gasteiger partial charge on any atom is 0.116 e. The Balaban J connectivity index is 2.41. The Kier molecular flexibility index (Phi) is 3.12. The van der Waals surface area contributed by atoms with Gasteiger partial charge in [0.15, 0.2) is 0 Å². The summed E-state index contributed by atoms with van der Waals surface area (Å²) >= 11 is 1.66. The van der Waals surface area contributed by atoms with Gasteiger partial charge in [-0.3, -0.25) is 0 Å². The average Bonchev–Trinajstić information content (AvgIpc) is 2.67. The van der Waals surface area contributed by atoms with Gasteiger partial charge in [-0.15, -0.1) is 11.3 Å². The lowest BCUT2D eigenvalue weighted by Crippen LogP contribution is -2.51. The van der Waals surface area contributed by atoms with Gasteiger partial charge in [-0.2, -0.15) is 0 Å². The quantitative estimate of drug-likeness (QED) is 0.894. The minimum Gasteiger partial charge on any atom is -0.367 e. The highest BCUT2D eigenvalue weighted by Crippen LogP contribution is 2.49. The molecular weight excluding hydrogens is 244 g/mol. The van der Waals surface area contributed by atoms with E-state index < -0.39 is 5.54 Å². The Hall–Kier alpha value is -0.450. The summed E-state index contributed by atoms with van der Waals surface area (Å²) in [5.41, 5.74) is 6.72. The van der Waals surface area contributed by atoms with Crippen LogP contribution in [0.25, 0.3) is 0 Å². The van der Waals surface area contributed by atoms with Gasteiger partial charge in [0.05, 0.1) is 22.4 Å². The van der Waals surface area contributed by atoms with Gasteiger partial charge in [0, 0.05) is 11.8 Å². The largest absolute Gasteiger partial charge is 0.367 e. The smallest absolute Gasteiger partial charge is 0.116 e. The van der Waals surface area contributed by atoms with Crippen molar-refractivity contribution >= 4 is 11.3 Å². The molecule has 2 rings (SSSR count). The van der Waals surface area contributed by atoms with Crippen LogP contribution in [0.5, 0.6) is 0 Å². The van der Waals surface area contributed by atoms with Crippen LogP contribution in [0.4, 0.5) is 0 Å². The standard InChI is InChI=1S/C14H24N2OS/c1-9(2)10-7-18-11(16-10)14(15)8-12(3,4)17-13(14,5)6/h7,9H,8,15H2,1-6H3. The Bertz CT molecular complexity index is 450. The van der Waals surface area contributed by atoms with E-state index in [0.29, 0.717) is 5.92 Å². The molecule has 1 aliphatic heterocycles. The first kappa shape index (κ1) is 14.0. The molecule has 1 fully saturated rings. The monoisotopic (exact) mass is 268 g/mol. The fraction of sp³-hybridized carbons (Fsp3) is 0.786. The molecule has 1 atom stereocenters. The third kappa shape index (κ3) is 2.10. The van der Waals surface area contributed by atoms with E-state index in [1.807, 2.05) is 0 Å². The molecule has 102 valence electrons. The van der Waals surface area contributed by atoms with Gasteiger partial charge in [0.1, 0.15) is 5.01 Å². The van der Waals surface area contributed by atoms with E-state index in [0.717, 1.165) is 17.1 Å². The van der Waals surface area contributed by atoms with E-state index >= 15 is 0 Å². The molecule has 18 heavy (non-hydrogen) atoms. The van der Waals surface area contributed by atoms with E-state index in [1.165, 1.54) is 0 Å². The van der Waals surface area contributed by atoms with E-state index in [2.05, 4.69) is 46.9 Å². The van der Waals surface area contributed by atoms with Crippen molar-refractivity contribution in [3.8, 4) is 0 Å². The lowest BCUT2D eigenvalue weighted by atomic mass is 9.80. The number of hydrogen-bond acceptors (Lipinski definition) is 4. The summed E-state index contributed by atoms with van der Waals surface area (Å²) in [5.74, 6) is 0.442. The molecule has 0 spiro atoms. The SMILES string of the molecule is CC(C)c1csc(C2(N)CC(C)(C)OC2(C)C)n1.